The highest BCUT2D eigenvalue weighted by Gasteiger charge is 2.30. The number of pyridine rings is 1. The summed E-state index contributed by atoms with van der Waals surface area (Å²) in [4.78, 5) is 32.1. The zero-order valence-corrected chi connectivity index (χ0v) is 23.6. The third kappa shape index (κ3) is 9.22. The Morgan fingerprint density at radius 1 is 0.884 bits per heavy atom. The van der Waals surface area contributed by atoms with Crippen molar-refractivity contribution in [1.82, 2.24) is 20.5 Å². The van der Waals surface area contributed by atoms with Gasteiger partial charge in [0.25, 0.3) is 11.8 Å². The van der Waals surface area contributed by atoms with E-state index in [1.54, 1.807) is 43.6 Å². The summed E-state index contributed by atoms with van der Waals surface area (Å²) >= 11 is 0. The van der Waals surface area contributed by atoms with Gasteiger partial charge in [-0.3, -0.25) is 14.6 Å². The molecule has 0 bridgehead atoms. The Labute approximate surface area is 248 Å². The molecule has 0 spiro atoms. The van der Waals surface area contributed by atoms with Gasteiger partial charge in [0, 0.05) is 37.5 Å². The van der Waals surface area contributed by atoms with Crippen LogP contribution in [0.4, 0.5) is 13.2 Å². The molecule has 4 aromatic rings. The van der Waals surface area contributed by atoms with Crippen LogP contribution in [-0.2, 0) is 25.7 Å². The van der Waals surface area contributed by atoms with Crippen molar-refractivity contribution in [2.75, 3.05) is 13.6 Å². The van der Waals surface area contributed by atoms with Gasteiger partial charge in [0.15, 0.2) is 0 Å². The first-order chi connectivity index (χ1) is 20.6. The van der Waals surface area contributed by atoms with Crippen LogP contribution in [0.3, 0.4) is 0 Å². The number of benzene rings is 3. The summed E-state index contributed by atoms with van der Waals surface area (Å²) in [5.41, 5.74) is 1.86. The molecule has 4 rings (SSSR count). The van der Waals surface area contributed by atoms with E-state index >= 15 is 0 Å². The van der Waals surface area contributed by atoms with Crippen molar-refractivity contribution in [2.45, 2.75) is 37.8 Å². The predicted molar refractivity (Wildman–Crippen MR) is 157 cm³/mol. The number of aliphatic hydroxyl groups excluding tert-OH is 1. The van der Waals surface area contributed by atoms with Crippen molar-refractivity contribution < 1.29 is 27.9 Å². The number of carbonyl (C=O) groups excluding carboxylic acids is 2. The molecule has 0 aliphatic rings. The number of hydrogen-bond acceptors (Lipinski definition) is 5. The maximum absolute atomic E-state index is 13.3. The van der Waals surface area contributed by atoms with E-state index in [2.05, 4.69) is 15.6 Å². The molecule has 1 aromatic heterocycles. The van der Waals surface area contributed by atoms with E-state index < -0.39 is 29.8 Å². The van der Waals surface area contributed by atoms with Crippen LogP contribution in [0.15, 0.2) is 103 Å². The summed E-state index contributed by atoms with van der Waals surface area (Å²) in [5, 5.41) is 16.9. The monoisotopic (exact) mass is 590 g/mol. The maximum atomic E-state index is 13.3. The fraction of sp³-hybridized carbons (Fsp3) is 0.242. The summed E-state index contributed by atoms with van der Waals surface area (Å²) in [5.74, 6) is -0.750. The highest BCUT2D eigenvalue weighted by molar-refractivity contribution is 5.99. The Balaban J connectivity index is 1.43. The number of carbonyl (C=O) groups is 2. The number of hydrogen-bond donors (Lipinski definition) is 3. The molecule has 224 valence electrons. The van der Waals surface area contributed by atoms with Crippen LogP contribution in [0.5, 0.6) is 0 Å². The number of nitrogens with zero attached hydrogens (tertiary/aromatic N) is 2. The van der Waals surface area contributed by atoms with E-state index in [9.17, 15) is 27.9 Å². The number of alkyl halides is 3. The SMILES string of the molecule is CN(Cc1ccccn1)C(=O)c1cccc(C(=O)N[C@@H](Cc2ccccc2)[C@H](O)CNCc2cccc(C(F)(F)F)c2)c1. The van der Waals surface area contributed by atoms with Crippen LogP contribution in [-0.4, -0.2) is 52.5 Å². The highest BCUT2D eigenvalue weighted by atomic mass is 19.4. The number of nitrogens with one attached hydrogen (secondary N) is 2. The maximum Gasteiger partial charge on any atom is 0.416 e. The number of aliphatic hydroxyl groups is 1. The predicted octanol–water partition coefficient (Wildman–Crippen LogP) is 4.86. The molecule has 0 saturated carbocycles. The fourth-order valence-corrected chi connectivity index (χ4v) is 4.59. The third-order valence-corrected chi connectivity index (χ3v) is 6.86. The van der Waals surface area contributed by atoms with Gasteiger partial charge >= 0.3 is 6.18 Å². The van der Waals surface area contributed by atoms with E-state index in [4.69, 9.17) is 0 Å². The molecule has 0 aliphatic carbocycles. The lowest BCUT2D eigenvalue weighted by Gasteiger charge is -2.25. The van der Waals surface area contributed by atoms with Crippen molar-refractivity contribution in [2.24, 2.45) is 0 Å². The van der Waals surface area contributed by atoms with Gasteiger partial charge in [0.1, 0.15) is 0 Å². The first-order valence-corrected chi connectivity index (χ1v) is 13.8. The third-order valence-electron chi connectivity index (χ3n) is 6.86. The smallest absolute Gasteiger partial charge is 0.390 e. The lowest BCUT2D eigenvalue weighted by atomic mass is 10.00. The second kappa shape index (κ2) is 14.6. The van der Waals surface area contributed by atoms with Crippen LogP contribution < -0.4 is 10.6 Å². The Hall–Kier alpha value is -4.54. The molecule has 0 aliphatic heterocycles. The fourth-order valence-electron chi connectivity index (χ4n) is 4.59. The Bertz CT molecular complexity index is 1500. The van der Waals surface area contributed by atoms with Gasteiger partial charge in [0.2, 0.25) is 0 Å². The summed E-state index contributed by atoms with van der Waals surface area (Å²) in [6, 6.07) is 25.3. The molecule has 3 N–H and O–H groups in total. The van der Waals surface area contributed by atoms with E-state index in [1.807, 2.05) is 42.5 Å². The highest BCUT2D eigenvalue weighted by Crippen LogP contribution is 2.29. The standard InChI is InChI=1S/C33H33F3N4O3/c1-40(22-28-15-5-6-16-38-28)32(43)26-13-8-12-25(19-26)31(42)39-29(18-23-9-3-2-4-10-23)30(41)21-37-20-24-11-7-14-27(17-24)33(34,35)36/h2-17,19,29-30,37,41H,18,20-22H2,1H3,(H,39,42)/t29-,30+/m0/s1. The number of amides is 2. The van der Waals surface area contributed by atoms with E-state index in [0.29, 0.717) is 24.1 Å². The van der Waals surface area contributed by atoms with E-state index in [-0.39, 0.29) is 24.6 Å². The second-order valence-electron chi connectivity index (χ2n) is 10.2. The van der Waals surface area contributed by atoms with Crippen LogP contribution in [0.2, 0.25) is 0 Å². The van der Waals surface area contributed by atoms with Crippen LogP contribution in [0, 0.1) is 0 Å². The van der Waals surface area contributed by atoms with Crippen molar-refractivity contribution >= 4 is 11.8 Å². The molecule has 10 heteroatoms. The first kappa shape index (κ1) is 31.4. The molecular weight excluding hydrogens is 557 g/mol. The van der Waals surface area contributed by atoms with Crippen molar-refractivity contribution in [3.05, 3.63) is 137 Å². The van der Waals surface area contributed by atoms with Gasteiger partial charge in [-0.15, -0.1) is 0 Å². The zero-order valence-electron chi connectivity index (χ0n) is 23.6. The zero-order chi connectivity index (χ0) is 30.8. The molecule has 43 heavy (non-hydrogen) atoms. The van der Waals surface area contributed by atoms with Crippen LogP contribution in [0.25, 0.3) is 0 Å². The largest absolute Gasteiger partial charge is 0.416 e. The number of rotatable bonds is 12. The van der Waals surface area contributed by atoms with Crippen LogP contribution in [0.1, 0.15) is 43.1 Å². The summed E-state index contributed by atoms with van der Waals surface area (Å²) in [6.45, 7) is 0.420. The topological polar surface area (TPSA) is 94.6 Å². The van der Waals surface area contributed by atoms with Gasteiger partial charge in [-0.2, -0.15) is 13.2 Å². The normalized spacial score (nSPS) is 12.8. The lowest BCUT2D eigenvalue weighted by molar-refractivity contribution is -0.137. The minimum Gasteiger partial charge on any atom is -0.390 e. The quantitative estimate of drug-likeness (QED) is 0.219. The van der Waals surface area contributed by atoms with Gasteiger partial charge in [-0.25, -0.2) is 0 Å². The summed E-state index contributed by atoms with van der Waals surface area (Å²) in [6.07, 6.45) is -3.55. The average Bonchev–Trinajstić information content (AvgIpc) is 3.01. The average molecular weight is 591 g/mol. The summed E-state index contributed by atoms with van der Waals surface area (Å²) in [7, 11) is 1.66. The molecule has 0 radical (unpaired) electrons. The minimum absolute atomic E-state index is 0.0187. The van der Waals surface area contributed by atoms with Gasteiger partial charge in [-0.05, 0) is 53.9 Å². The van der Waals surface area contributed by atoms with Crippen molar-refractivity contribution in [1.29, 1.82) is 0 Å². The minimum atomic E-state index is -4.45. The molecular formula is C33H33F3N4O3. The van der Waals surface area contributed by atoms with Gasteiger partial charge < -0.3 is 20.6 Å². The molecule has 7 nitrogen and oxygen atoms in total. The van der Waals surface area contributed by atoms with Crippen LogP contribution >= 0.6 is 0 Å². The lowest BCUT2D eigenvalue weighted by Crippen LogP contribution is -2.48. The van der Waals surface area contributed by atoms with Crippen molar-refractivity contribution in [3.63, 3.8) is 0 Å². The Morgan fingerprint density at radius 2 is 1.58 bits per heavy atom. The molecule has 2 atom stereocenters. The Morgan fingerprint density at radius 3 is 2.30 bits per heavy atom. The molecule has 0 fully saturated rings. The summed E-state index contributed by atoms with van der Waals surface area (Å²) < 4.78 is 39.2. The molecule has 1 heterocycles. The molecule has 0 unspecified atom stereocenters. The van der Waals surface area contributed by atoms with Gasteiger partial charge in [-0.1, -0.05) is 60.7 Å². The second-order valence-corrected chi connectivity index (χ2v) is 10.2. The molecule has 0 saturated heterocycles. The van der Waals surface area contributed by atoms with E-state index in [0.717, 1.165) is 23.4 Å². The Kier molecular flexibility index (Phi) is 10.6. The van der Waals surface area contributed by atoms with Crippen molar-refractivity contribution in [3.8, 4) is 0 Å². The van der Waals surface area contributed by atoms with E-state index in [1.165, 1.54) is 17.0 Å². The molecule has 2 amide bonds. The van der Waals surface area contributed by atoms with Gasteiger partial charge in [0.05, 0.1) is 29.9 Å². The molecule has 3 aromatic carbocycles. The first-order valence-electron chi connectivity index (χ1n) is 13.8. The number of aromatic nitrogens is 1. The number of halogens is 3.